The molecular formula is C14H17N3O4. The van der Waals surface area contributed by atoms with Crippen molar-refractivity contribution in [1.82, 2.24) is 4.90 Å². The van der Waals surface area contributed by atoms with E-state index in [1.54, 1.807) is 29.2 Å². The van der Waals surface area contributed by atoms with Crippen LogP contribution in [0.1, 0.15) is 29.6 Å². The van der Waals surface area contributed by atoms with E-state index in [1.807, 2.05) is 0 Å². The fraction of sp³-hybridized carbons (Fsp3) is 0.357. The van der Waals surface area contributed by atoms with Crippen LogP contribution in [-0.4, -0.2) is 40.5 Å². The van der Waals surface area contributed by atoms with Gasteiger partial charge < -0.3 is 21.1 Å². The van der Waals surface area contributed by atoms with Gasteiger partial charge in [0.1, 0.15) is 0 Å². The van der Waals surface area contributed by atoms with Crippen LogP contribution in [0.25, 0.3) is 0 Å². The molecule has 1 aliphatic rings. The van der Waals surface area contributed by atoms with Gasteiger partial charge in [-0.2, -0.15) is 0 Å². The number of hydrogen-bond acceptors (Lipinski definition) is 3. The Labute approximate surface area is 121 Å². The zero-order chi connectivity index (χ0) is 15.4. The number of rotatable bonds is 4. The lowest BCUT2D eigenvalue weighted by atomic mass is 10.1. The zero-order valence-corrected chi connectivity index (χ0v) is 11.4. The molecule has 0 bridgehead atoms. The maximum absolute atomic E-state index is 12.4. The highest BCUT2D eigenvalue weighted by atomic mass is 16.4. The van der Waals surface area contributed by atoms with Crippen molar-refractivity contribution in [1.29, 1.82) is 0 Å². The van der Waals surface area contributed by atoms with Gasteiger partial charge >= 0.3 is 12.0 Å². The second kappa shape index (κ2) is 6.25. The molecule has 4 N–H and O–H groups in total. The maximum Gasteiger partial charge on any atom is 0.316 e. The van der Waals surface area contributed by atoms with Crippen LogP contribution in [0, 0.1) is 0 Å². The molecule has 0 radical (unpaired) electrons. The number of nitrogens with zero attached hydrogens (tertiary/aromatic N) is 1. The molecule has 7 nitrogen and oxygen atoms in total. The van der Waals surface area contributed by atoms with Crippen molar-refractivity contribution >= 4 is 23.6 Å². The Morgan fingerprint density at radius 2 is 1.95 bits per heavy atom. The topological polar surface area (TPSA) is 113 Å². The highest BCUT2D eigenvalue weighted by Gasteiger charge is 2.30. The Bertz CT molecular complexity index is 556. The predicted octanol–water partition coefficient (Wildman–Crippen LogP) is 1.26. The van der Waals surface area contributed by atoms with Crippen molar-refractivity contribution in [2.24, 2.45) is 5.73 Å². The number of amides is 3. The molecule has 0 aromatic heterocycles. The first-order chi connectivity index (χ1) is 9.97. The molecular weight excluding hydrogens is 274 g/mol. The van der Waals surface area contributed by atoms with Gasteiger partial charge in [0.25, 0.3) is 5.91 Å². The van der Waals surface area contributed by atoms with Gasteiger partial charge in [-0.25, -0.2) is 4.79 Å². The van der Waals surface area contributed by atoms with E-state index in [0.717, 1.165) is 6.42 Å². The molecule has 1 aromatic rings. The summed E-state index contributed by atoms with van der Waals surface area (Å²) in [6.45, 7) is 0.568. The molecule has 1 unspecified atom stereocenters. The summed E-state index contributed by atoms with van der Waals surface area (Å²) in [4.78, 5) is 35.5. The van der Waals surface area contributed by atoms with Crippen molar-refractivity contribution in [3.05, 3.63) is 29.8 Å². The number of likely N-dealkylation sites (tertiary alicyclic amines) is 1. The minimum absolute atomic E-state index is 0.0347. The summed E-state index contributed by atoms with van der Waals surface area (Å²) >= 11 is 0. The molecule has 0 spiro atoms. The summed E-state index contributed by atoms with van der Waals surface area (Å²) in [5.74, 6) is -1.09. The second-order valence-electron chi connectivity index (χ2n) is 4.96. The van der Waals surface area contributed by atoms with Crippen LogP contribution >= 0.6 is 0 Å². The first kappa shape index (κ1) is 14.8. The summed E-state index contributed by atoms with van der Waals surface area (Å²) in [6, 6.07) is 5.42. The van der Waals surface area contributed by atoms with Gasteiger partial charge in [-0.15, -0.1) is 0 Å². The van der Waals surface area contributed by atoms with Crippen molar-refractivity contribution in [2.75, 3.05) is 11.9 Å². The summed E-state index contributed by atoms with van der Waals surface area (Å²) in [5.41, 5.74) is 5.97. The van der Waals surface area contributed by atoms with Crippen LogP contribution < -0.4 is 11.1 Å². The summed E-state index contributed by atoms with van der Waals surface area (Å²) in [6.07, 6.45) is 1.48. The van der Waals surface area contributed by atoms with E-state index in [2.05, 4.69) is 5.32 Å². The lowest BCUT2D eigenvalue weighted by Gasteiger charge is -2.23. The van der Waals surface area contributed by atoms with Crippen molar-refractivity contribution in [2.45, 2.75) is 25.3 Å². The fourth-order valence-corrected chi connectivity index (χ4v) is 2.52. The third-order valence-corrected chi connectivity index (χ3v) is 3.45. The van der Waals surface area contributed by atoms with Crippen LogP contribution in [0.2, 0.25) is 0 Å². The van der Waals surface area contributed by atoms with Crippen LogP contribution in [0.5, 0.6) is 0 Å². The van der Waals surface area contributed by atoms with Gasteiger partial charge in [0.05, 0.1) is 6.42 Å². The predicted molar refractivity (Wildman–Crippen MR) is 76.0 cm³/mol. The fourth-order valence-electron chi connectivity index (χ4n) is 2.52. The quantitative estimate of drug-likeness (QED) is 0.774. The standard InChI is InChI=1S/C14H17N3O4/c15-14(21)16-10-5-3-9(4-6-10)13(20)17-7-1-2-11(17)8-12(18)19/h3-6,11H,1-2,7-8H2,(H,18,19)(H3,15,16,21). The molecule has 2 rings (SSSR count). The van der Waals surface area contributed by atoms with Crippen LogP contribution in [0.4, 0.5) is 10.5 Å². The highest BCUT2D eigenvalue weighted by Crippen LogP contribution is 2.23. The number of carboxylic acid groups (broad SMARTS) is 1. The monoisotopic (exact) mass is 291 g/mol. The summed E-state index contributed by atoms with van der Waals surface area (Å²) < 4.78 is 0. The number of aliphatic carboxylic acids is 1. The molecule has 7 heteroatoms. The number of nitrogens with two attached hydrogens (primary N) is 1. The highest BCUT2D eigenvalue weighted by molar-refractivity contribution is 5.96. The average molecular weight is 291 g/mol. The Hall–Kier alpha value is -2.57. The van der Waals surface area contributed by atoms with E-state index < -0.39 is 12.0 Å². The minimum atomic E-state index is -0.902. The van der Waals surface area contributed by atoms with E-state index >= 15 is 0 Å². The number of carboxylic acids is 1. The third kappa shape index (κ3) is 3.71. The maximum atomic E-state index is 12.4. The van der Waals surface area contributed by atoms with Crippen molar-refractivity contribution in [3.8, 4) is 0 Å². The average Bonchev–Trinajstić information content (AvgIpc) is 2.85. The molecule has 1 aliphatic heterocycles. The van der Waals surface area contributed by atoms with E-state index in [9.17, 15) is 14.4 Å². The third-order valence-electron chi connectivity index (χ3n) is 3.45. The number of urea groups is 1. The number of carbonyl (C=O) groups is 3. The van der Waals surface area contributed by atoms with Gasteiger partial charge in [-0.05, 0) is 37.1 Å². The lowest BCUT2D eigenvalue weighted by molar-refractivity contribution is -0.137. The van der Waals surface area contributed by atoms with E-state index in [1.165, 1.54) is 0 Å². The number of carbonyl (C=O) groups excluding carboxylic acids is 2. The number of benzene rings is 1. The van der Waals surface area contributed by atoms with Crippen molar-refractivity contribution in [3.63, 3.8) is 0 Å². The number of hydrogen-bond donors (Lipinski definition) is 3. The van der Waals surface area contributed by atoms with E-state index in [-0.39, 0.29) is 18.4 Å². The van der Waals surface area contributed by atoms with Crippen LogP contribution in [0.3, 0.4) is 0 Å². The SMILES string of the molecule is NC(=O)Nc1ccc(C(=O)N2CCCC2CC(=O)O)cc1. The van der Waals surface area contributed by atoms with Crippen LogP contribution in [-0.2, 0) is 4.79 Å². The molecule has 1 atom stereocenters. The first-order valence-corrected chi connectivity index (χ1v) is 6.66. The number of anilines is 1. The Morgan fingerprint density at radius 3 is 2.52 bits per heavy atom. The zero-order valence-electron chi connectivity index (χ0n) is 11.4. The lowest BCUT2D eigenvalue weighted by Crippen LogP contribution is -2.36. The molecule has 0 aliphatic carbocycles. The van der Waals surface area contributed by atoms with Gasteiger partial charge in [0, 0.05) is 23.8 Å². The molecule has 21 heavy (non-hydrogen) atoms. The van der Waals surface area contributed by atoms with E-state index in [4.69, 9.17) is 10.8 Å². The smallest absolute Gasteiger partial charge is 0.316 e. The summed E-state index contributed by atoms with van der Waals surface area (Å²) in [5, 5.41) is 11.3. The van der Waals surface area contributed by atoms with Gasteiger partial charge in [-0.1, -0.05) is 0 Å². The minimum Gasteiger partial charge on any atom is -0.481 e. The van der Waals surface area contributed by atoms with E-state index in [0.29, 0.717) is 24.2 Å². The Kier molecular flexibility index (Phi) is 4.42. The molecule has 112 valence electrons. The van der Waals surface area contributed by atoms with Crippen molar-refractivity contribution < 1.29 is 19.5 Å². The molecule has 1 aromatic carbocycles. The number of nitrogens with one attached hydrogen (secondary N) is 1. The van der Waals surface area contributed by atoms with Gasteiger partial charge in [-0.3, -0.25) is 9.59 Å². The normalized spacial score (nSPS) is 17.5. The largest absolute Gasteiger partial charge is 0.481 e. The Morgan fingerprint density at radius 1 is 1.29 bits per heavy atom. The second-order valence-corrected chi connectivity index (χ2v) is 4.96. The number of primary amides is 1. The molecule has 1 fully saturated rings. The van der Waals surface area contributed by atoms with Gasteiger partial charge in [0.15, 0.2) is 0 Å². The Balaban J connectivity index is 2.08. The molecule has 0 saturated carbocycles. The molecule has 1 saturated heterocycles. The first-order valence-electron chi connectivity index (χ1n) is 6.66. The molecule has 1 heterocycles. The van der Waals surface area contributed by atoms with Crippen LogP contribution in [0.15, 0.2) is 24.3 Å². The molecule has 3 amide bonds. The summed E-state index contributed by atoms with van der Waals surface area (Å²) in [7, 11) is 0. The van der Waals surface area contributed by atoms with Gasteiger partial charge in [0.2, 0.25) is 0 Å².